The van der Waals surface area contributed by atoms with E-state index in [0.717, 1.165) is 56.7 Å². The maximum absolute atomic E-state index is 5.54. The van der Waals surface area contributed by atoms with Crippen LogP contribution in [0, 0.1) is 5.92 Å². The van der Waals surface area contributed by atoms with E-state index in [1.807, 2.05) is 0 Å². The topological polar surface area (TPSA) is 50.3 Å². The Balaban J connectivity index is 1.66. The molecule has 1 atom stereocenters. The summed E-state index contributed by atoms with van der Waals surface area (Å²) in [5.74, 6) is 2.47. The molecule has 2 saturated heterocycles. The van der Waals surface area contributed by atoms with Crippen LogP contribution in [0.3, 0.4) is 0 Å². The number of ether oxygens (including phenoxy) is 1. The monoisotopic (exact) mass is 290 g/mol. The summed E-state index contributed by atoms with van der Waals surface area (Å²) in [6, 6.07) is 2.09. The van der Waals surface area contributed by atoms with Gasteiger partial charge in [0.05, 0.1) is 6.61 Å². The third kappa shape index (κ3) is 3.84. The zero-order valence-electron chi connectivity index (χ0n) is 13.0. The molecule has 3 rings (SSSR count). The largest absolute Gasteiger partial charge is 0.381 e. The Morgan fingerprint density at radius 2 is 2.14 bits per heavy atom. The van der Waals surface area contributed by atoms with Crippen LogP contribution >= 0.6 is 0 Å². The van der Waals surface area contributed by atoms with Crippen LogP contribution in [-0.2, 0) is 11.2 Å². The van der Waals surface area contributed by atoms with Gasteiger partial charge < -0.3 is 15.0 Å². The van der Waals surface area contributed by atoms with E-state index in [2.05, 4.69) is 28.2 Å². The lowest BCUT2D eigenvalue weighted by Crippen LogP contribution is -2.25. The Labute approximate surface area is 127 Å². The Hall–Kier alpha value is -1.36. The zero-order chi connectivity index (χ0) is 14.5. The second-order valence-electron chi connectivity index (χ2n) is 6.06. The molecular weight excluding hydrogens is 264 g/mol. The second-order valence-corrected chi connectivity index (χ2v) is 6.06. The van der Waals surface area contributed by atoms with Gasteiger partial charge in [-0.1, -0.05) is 6.92 Å². The first-order valence-corrected chi connectivity index (χ1v) is 8.29. The predicted molar refractivity (Wildman–Crippen MR) is 84.9 cm³/mol. The van der Waals surface area contributed by atoms with Crippen molar-refractivity contribution in [3.8, 4) is 0 Å². The van der Waals surface area contributed by atoms with Crippen LogP contribution in [0.5, 0.6) is 0 Å². The fraction of sp³-hybridized carbons (Fsp3) is 0.750. The van der Waals surface area contributed by atoms with Crippen molar-refractivity contribution in [1.29, 1.82) is 0 Å². The molecule has 0 amide bonds. The van der Waals surface area contributed by atoms with E-state index >= 15 is 0 Å². The van der Waals surface area contributed by atoms with Gasteiger partial charge in [-0.2, -0.15) is 4.98 Å². The first kappa shape index (κ1) is 14.6. The third-order valence-corrected chi connectivity index (χ3v) is 4.34. The van der Waals surface area contributed by atoms with Gasteiger partial charge in [-0.3, -0.25) is 0 Å². The zero-order valence-corrected chi connectivity index (χ0v) is 13.0. The first-order valence-electron chi connectivity index (χ1n) is 8.29. The van der Waals surface area contributed by atoms with Gasteiger partial charge in [0.25, 0.3) is 0 Å². The molecule has 1 aromatic heterocycles. The molecule has 5 heteroatoms. The van der Waals surface area contributed by atoms with E-state index in [0.29, 0.717) is 5.92 Å². The molecule has 1 aromatic rings. The molecule has 21 heavy (non-hydrogen) atoms. The van der Waals surface area contributed by atoms with E-state index in [4.69, 9.17) is 9.72 Å². The molecule has 2 aliphatic rings. The van der Waals surface area contributed by atoms with Crippen molar-refractivity contribution >= 4 is 11.8 Å². The number of hydrogen-bond acceptors (Lipinski definition) is 5. The number of nitrogens with zero attached hydrogens (tertiary/aromatic N) is 3. The van der Waals surface area contributed by atoms with Crippen molar-refractivity contribution < 1.29 is 4.74 Å². The maximum Gasteiger partial charge on any atom is 0.227 e. The molecule has 2 aliphatic heterocycles. The molecule has 0 spiro atoms. The summed E-state index contributed by atoms with van der Waals surface area (Å²) < 4.78 is 5.54. The van der Waals surface area contributed by atoms with Gasteiger partial charge in [-0.15, -0.1) is 0 Å². The number of aromatic nitrogens is 2. The smallest absolute Gasteiger partial charge is 0.227 e. The Kier molecular flexibility index (Phi) is 4.91. The van der Waals surface area contributed by atoms with Crippen molar-refractivity contribution in [3.63, 3.8) is 0 Å². The van der Waals surface area contributed by atoms with Crippen molar-refractivity contribution in [2.24, 2.45) is 5.92 Å². The molecule has 0 bridgehead atoms. The summed E-state index contributed by atoms with van der Waals surface area (Å²) >= 11 is 0. The molecule has 3 heterocycles. The summed E-state index contributed by atoms with van der Waals surface area (Å²) in [6.07, 6.45) is 5.88. The molecule has 5 nitrogen and oxygen atoms in total. The normalized spacial score (nSPS) is 22.5. The lowest BCUT2D eigenvalue weighted by atomic mass is 10.0. The minimum atomic E-state index is 0.606. The van der Waals surface area contributed by atoms with E-state index in [9.17, 15) is 0 Å². The van der Waals surface area contributed by atoms with E-state index in [-0.39, 0.29) is 0 Å². The number of rotatable bonds is 5. The summed E-state index contributed by atoms with van der Waals surface area (Å²) in [5.41, 5.74) is 1.12. The van der Waals surface area contributed by atoms with Gasteiger partial charge in [0.1, 0.15) is 5.82 Å². The van der Waals surface area contributed by atoms with E-state index in [1.165, 1.54) is 25.7 Å². The fourth-order valence-corrected chi connectivity index (χ4v) is 3.03. The molecule has 0 radical (unpaired) electrons. The van der Waals surface area contributed by atoms with Crippen LogP contribution in [0.4, 0.5) is 11.8 Å². The van der Waals surface area contributed by atoms with Crippen LogP contribution in [0.2, 0.25) is 0 Å². The molecular formula is C16H26N4O. The van der Waals surface area contributed by atoms with E-state index in [1.54, 1.807) is 0 Å². The number of aryl methyl sites for hydroxylation is 1. The molecule has 1 N–H and O–H groups in total. The van der Waals surface area contributed by atoms with Crippen molar-refractivity contribution in [1.82, 2.24) is 9.97 Å². The summed E-state index contributed by atoms with van der Waals surface area (Å²) in [7, 11) is 0. The quantitative estimate of drug-likeness (QED) is 0.903. The van der Waals surface area contributed by atoms with Crippen molar-refractivity contribution in [2.75, 3.05) is 43.1 Å². The highest BCUT2D eigenvalue weighted by Gasteiger charge is 2.17. The third-order valence-electron chi connectivity index (χ3n) is 4.34. The molecule has 0 aliphatic carbocycles. The summed E-state index contributed by atoms with van der Waals surface area (Å²) in [4.78, 5) is 11.7. The fourth-order valence-electron chi connectivity index (χ4n) is 3.03. The predicted octanol–water partition coefficient (Wildman–Crippen LogP) is 2.48. The molecule has 0 aromatic carbocycles. The number of nitrogens with one attached hydrogen (secondary N) is 1. The van der Waals surface area contributed by atoms with Gasteiger partial charge in [-0.25, -0.2) is 4.98 Å². The van der Waals surface area contributed by atoms with Gasteiger partial charge >= 0.3 is 0 Å². The number of anilines is 2. The maximum atomic E-state index is 5.54. The number of hydrogen-bond donors (Lipinski definition) is 1. The standard InChI is InChI=1S/C16H26N4O/c1-2-14-10-15(17-11-13-6-5-9-21-12-13)19-16(18-14)20-7-3-4-8-20/h10,13H,2-9,11-12H2,1H3,(H,17,18,19). The lowest BCUT2D eigenvalue weighted by molar-refractivity contribution is 0.0595. The van der Waals surface area contributed by atoms with Crippen molar-refractivity contribution in [3.05, 3.63) is 11.8 Å². The van der Waals surface area contributed by atoms with Crippen LogP contribution in [0.1, 0.15) is 38.3 Å². The van der Waals surface area contributed by atoms with Crippen LogP contribution in [0.25, 0.3) is 0 Å². The highest BCUT2D eigenvalue weighted by Crippen LogP contribution is 2.20. The van der Waals surface area contributed by atoms with Crippen LogP contribution in [0.15, 0.2) is 6.07 Å². The average Bonchev–Trinajstić information content (AvgIpc) is 3.08. The van der Waals surface area contributed by atoms with Gasteiger partial charge in [0, 0.05) is 38.0 Å². The summed E-state index contributed by atoms with van der Waals surface area (Å²) in [6.45, 7) is 7.06. The molecule has 1 unspecified atom stereocenters. The molecule has 116 valence electrons. The Bertz CT molecular complexity index is 454. The first-order chi connectivity index (χ1) is 10.3. The Morgan fingerprint density at radius 3 is 2.86 bits per heavy atom. The Morgan fingerprint density at radius 1 is 1.29 bits per heavy atom. The SMILES string of the molecule is CCc1cc(NCC2CCCOC2)nc(N2CCCC2)n1. The minimum absolute atomic E-state index is 0.606. The van der Waals surface area contributed by atoms with E-state index < -0.39 is 0 Å². The minimum Gasteiger partial charge on any atom is -0.381 e. The molecule has 2 fully saturated rings. The highest BCUT2D eigenvalue weighted by atomic mass is 16.5. The summed E-state index contributed by atoms with van der Waals surface area (Å²) in [5, 5.41) is 3.50. The van der Waals surface area contributed by atoms with Crippen LogP contribution < -0.4 is 10.2 Å². The highest BCUT2D eigenvalue weighted by molar-refractivity contribution is 5.44. The average molecular weight is 290 g/mol. The van der Waals surface area contributed by atoms with Gasteiger partial charge in [0.15, 0.2) is 0 Å². The second kappa shape index (κ2) is 7.07. The van der Waals surface area contributed by atoms with Crippen LogP contribution in [-0.4, -0.2) is 42.8 Å². The lowest BCUT2D eigenvalue weighted by Gasteiger charge is -2.23. The van der Waals surface area contributed by atoms with Gasteiger partial charge in [-0.05, 0) is 38.0 Å². The van der Waals surface area contributed by atoms with Crippen molar-refractivity contribution in [2.45, 2.75) is 39.0 Å². The molecule has 0 saturated carbocycles. The van der Waals surface area contributed by atoms with Gasteiger partial charge in [0.2, 0.25) is 5.95 Å².